The van der Waals surface area contributed by atoms with Gasteiger partial charge in [0.15, 0.2) is 0 Å². The molecule has 0 aliphatic heterocycles. The normalized spacial score (nSPS) is 20.1. The summed E-state index contributed by atoms with van der Waals surface area (Å²) < 4.78 is 11.0. The standard InChI is InChI=1S/C36H70N2O4/c1-30(2)22-18-14-10-8-12-16-20-24-41-33(39)37-29-36(7)27-32(26-35(5,6)28-36)38-34(40)42-25-21-17-13-9-11-15-19-23-31(3)4/h30-32H,8-29H2,1-7H3,(H,37,39)(H,38,40). The molecule has 0 saturated heterocycles. The molecule has 1 fully saturated rings. The summed E-state index contributed by atoms with van der Waals surface area (Å²) in [5.74, 6) is 1.62. The van der Waals surface area contributed by atoms with Gasteiger partial charge in [0.05, 0.1) is 13.2 Å². The second-order valence-corrected chi connectivity index (χ2v) is 15.3. The number of nitrogens with one attached hydrogen (secondary N) is 2. The molecule has 0 heterocycles. The summed E-state index contributed by atoms with van der Waals surface area (Å²) in [7, 11) is 0. The van der Waals surface area contributed by atoms with Gasteiger partial charge in [-0.2, -0.15) is 0 Å². The minimum absolute atomic E-state index is 0.0419. The van der Waals surface area contributed by atoms with Crippen LogP contribution in [0.15, 0.2) is 0 Å². The second-order valence-electron chi connectivity index (χ2n) is 15.3. The van der Waals surface area contributed by atoms with Crippen LogP contribution in [0.2, 0.25) is 0 Å². The summed E-state index contributed by atoms with van der Waals surface area (Å²) >= 11 is 0. The van der Waals surface area contributed by atoms with Gasteiger partial charge in [0, 0.05) is 12.6 Å². The number of alkyl carbamates (subject to hydrolysis) is 2. The lowest BCUT2D eigenvalue weighted by atomic mass is 9.62. The molecule has 0 bridgehead atoms. The summed E-state index contributed by atoms with van der Waals surface area (Å²) in [5.41, 5.74) is -0.0378. The smallest absolute Gasteiger partial charge is 0.407 e. The Labute approximate surface area is 260 Å². The minimum atomic E-state index is -0.326. The van der Waals surface area contributed by atoms with Crippen LogP contribution in [0.3, 0.4) is 0 Å². The first-order valence-corrected chi connectivity index (χ1v) is 17.7. The molecule has 0 radical (unpaired) electrons. The Morgan fingerprint density at radius 2 is 1.07 bits per heavy atom. The number of amides is 2. The largest absolute Gasteiger partial charge is 0.450 e. The molecule has 2 N–H and O–H groups in total. The summed E-state index contributed by atoms with van der Waals surface area (Å²) in [4.78, 5) is 24.9. The van der Waals surface area contributed by atoms with Crippen LogP contribution in [0.4, 0.5) is 9.59 Å². The number of hydrogen-bond donors (Lipinski definition) is 2. The molecular weight excluding hydrogens is 524 g/mol. The summed E-state index contributed by atoms with van der Waals surface area (Å²) in [5, 5.41) is 6.13. The molecule has 0 aromatic heterocycles. The van der Waals surface area contributed by atoms with Gasteiger partial charge in [-0.15, -0.1) is 0 Å². The molecule has 2 atom stereocenters. The van der Waals surface area contributed by atoms with Crippen LogP contribution in [0.5, 0.6) is 0 Å². The lowest BCUT2D eigenvalue weighted by Gasteiger charge is -2.46. The molecule has 0 aromatic rings. The van der Waals surface area contributed by atoms with E-state index in [0.29, 0.717) is 19.8 Å². The Hall–Kier alpha value is -1.46. The molecule has 0 spiro atoms. The SMILES string of the molecule is CC(C)CCCCCCCCCOC(=O)NCC1(C)CC(NC(=O)OCCCCCCCCCC(C)C)CC(C)(C)C1. The number of ether oxygens (including phenoxy) is 2. The summed E-state index contributed by atoms with van der Waals surface area (Å²) in [6, 6.07) is 0.0419. The maximum atomic E-state index is 12.5. The number of carbonyl (C=O) groups excluding carboxylic acids is 2. The predicted molar refractivity (Wildman–Crippen MR) is 177 cm³/mol. The monoisotopic (exact) mass is 595 g/mol. The number of hydrogen-bond acceptors (Lipinski definition) is 4. The van der Waals surface area contributed by atoms with Gasteiger partial charge in [-0.25, -0.2) is 9.59 Å². The minimum Gasteiger partial charge on any atom is -0.450 e. The zero-order chi connectivity index (χ0) is 31.3. The van der Waals surface area contributed by atoms with Crippen LogP contribution in [0.1, 0.15) is 170 Å². The van der Waals surface area contributed by atoms with E-state index in [9.17, 15) is 9.59 Å². The fraction of sp³-hybridized carbons (Fsp3) is 0.944. The van der Waals surface area contributed by atoms with Gasteiger partial charge in [-0.3, -0.25) is 0 Å². The molecule has 6 nitrogen and oxygen atoms in total. The van der Waals surface area contributed by atoms with E-state index in [1.165, 1.54) is 77.0 Å². The molecule has 1 saturated carbocycles. The highest BCUT2D eigenvalue weighted by Crippen LogP contribution is 2.45. The van der Waals surface area contributed by atoms with E-state index in [-0.39, 0.29) is 29.1 Å². The van der Waals surface area contributed by atoms with Crippen LogP contribution in [-0.4, -0.2) is 38.0 Å². The van der Waals surface area contributed by atoms with E-state index < -0.39 is 0 Å². The van der Waals surface area contributed by atoms with Crippen molar-refractivity contribution in [1.29, 1.82) is 0 Å². The van der Waals surface area contributed by atoms with Crippen molar-refractivity contribution in [3.05, 3.63) is 0 Å². The fourth-order valence-corrected chi connectivity index (χ4v) is 6.82. The predicted octanol–water partition coefficient (Wildman–Crippen LogP) is 10.6. The van der Waals surface area contributed by atoms with E-state index >= 15 is 0 Å². The lowest BCUT2D eigenvalue weighted by Crippen LogP contribution is -2.50. The maximum Gasteiger partial charge on any atom is 0.407 e. The number of unbranched alkanes of at least 4 members (excludes halogenated alkanes) is 12. The van der Waals surface area contributed by atoms with Crippen LogP contribution in [0.25, 0.3) is 0 Å². The topological polar surface area (TPSA) is 76.7 Å². The zero-order valence-corrected chi connectivity index (χ0v) is 28.9. The van der Waals surface area contributed by atoms with Crippen LogP contribution < -0.4 is 10.6 Å². The van der Waals surface area contributed by atoms with E-state index in [0.717, 1.165) is 56.8 Å². The van der Waals surface area contributed by atoms with Gasteiger partial charge in [0.25, 0.3) is 0 Å². The van der Waals surface area contributed by atoms with Gasteiger partial charge in [0.1, 0.15) is 0 Å². The van der Waals surface area contributed by atoms with Crippen molar-refractivity contribution in [2.24, 2.45) is 22.7 Å². The van der Waals surface area contributed by atoms with Crippen molar-refractivity contribution in [3.63, 3.8) is 0 Å². The third-order valence-corrected chi connectivity index (χ3v) is 8.74. The molecule has 2 unspecified atom stereocenters. The summed E-state index contributed by atoms with van der Waals surface area (Å²) in [6.07, 6.45) is 21.8. The number of rotatable bonds is 23. The molecule has 0 aromatic carbocycles. The van der Waals surface area contributed by atoms with Gasteiger partial charge in [-0.1, -0.05) is 138 Å². The van der Waals surface area contributed by atoms with E-state index in [4.69, 9.17) is 9.47 Å². The first-order valence-electron chi connectivity index (χ1n) is 17.7. The molecule has 42 heavy (non-hydrogen) atoms. The highest BCUT2D eigenvalue weighted by molar-refractivity contribution is 5.68. The average Bonchev–Trinajstić information content (AvgIpc) is 2.88. The van der Waals surface area contributed by atoms with Crippen molar-refractivity contribution < 1.29 is 19.1 Å². The maximum absolute atomic E-state index is 12.5. The van der Waals surface area contributed by atoms with Crippen LogP contribution in [-0.2, 0) is 9.47 Å². The van der Waals surface area contributed by atoms with E-state index in [1.54, 1.807) is 0 Å². The molecule has 1 aliphatic rings. The molecule has 248 valence electrons. The van der Waals surface area contributed by atoms with Crippen LogP contribution >= 0.6 is 0 Å². The quantitative estimate of drug-likeness (QED) is 0.115. The van der Waals surface area contributed by atoms with Gasteiger partial charge in [-0.05, 0) is 54.8 Å². The van der Waals surface area contributed by atoms with Crippen molar-refractivity contribution in [2.45, 2.75) is 177 Å². The Balaban J connectivity index is 2.19. The van der Waals surface area contributed by atoms with Crippen molar-refractivity contribution in [1.82, 2.24) is 10.6 Å². The third kappa shape index (κ3) is 21.3. The zero-order valence-electron chi connectivity index (χ0n) is 28.9. The van der Waals surface area contributed by atoms with Crippen molar-refractivity contribution >= 4 is 12.2 Å². The molecule has 1 rings (SSSR count). The first kappa shape index (κ1) is 38.6. The highest BCUT2D eigenvalue weighted by Gasteiger charge is 2.42. The van der Waals surface area contributed by atoms with Gasteiger partial charge in [0.2, 0.25) is 0 Å². The van der Waals surface area contributed by atoms with E-state index in [2.05, 4.69) is 59.1 Å². The van der Waals surface area contributed by atoms with Gasteiger partial charge < -0.3 is 20.1 Å². The van der Waals surface area contributed by atoms with Gasteiger partial charge >= 0.3 is 12.2 Å². The highest BCUT2D eigenvalue weighted by atomic mass is 16.6. The van der Waals surface area contributed by atoms with Crippen molar-refractivity contribution in [2.75, 3.05) is 19.8 Å². The molecule has 2 amide bonds. The molecule has 6 heteroatoms. The Bertz CT molecular complexity index is 709. The Kier molecular flexibility index (Phi) is 20.3. The fourth-order valence-electron chi connectivity index (χ4n) is 6.82. The molecule has 1 aliphatic carbocycles. The average molecular weight is 595 g/mol. The third-order valence-electron chi connectivity index (χ3n) is 8.74. The number of carbonyl (C=O) groups is 2. The van der Waals surface area contributed by atoms with Crippen LogP contribution in [0, 0.1) is 22.7 Å². The lowest BCUT2D eigenvalue weighted by molar-refractivity contribution is 0.0621. The van der Waals surface area contributed by atoms with Crippen molar-refractivity contribution in [3.8, 4) is 0 Å². The first-order chi connectivity index (χ1) is 19.9. The second kappa shape index (κ2) is 22.1. The molecular formula is C36H70N2O4. The Morgan fingerprint density at radius 3 is 1.55 bits per heavy atom. The summed E-state index contributed by atoms with van der Waals surface area (Å²) in [6.45, 7) is 17.4. The van der Waals surface area contributed by atoms with E-state index in [1.807, 2.05) is 0 Å². The Morgan fingerprint density at radius 1 is 0.643 bits per heavy atom.